The summed E-state index contributed by atoms with van der Waals surface area (Å²) >= 11 is 0. The second kappa shape index (κ2) is 3.98. The molecule has 0 aromatic rings. The summed E-state index contributed by atoms with van der Waals surface area (Å²) in [5.41, 5.74) is 8.46. The van der Waals surface area contributed by atoms with E-state index in [2.05, 4.69) is 31.3 Å². The first-order valence-corrected chi connectivity index (χ1v) is 5.07. The topological polar surface area (TPSA) is 67.5 Å². The van der Waals surface area contributed by atoms with Gasteiger partial charge < -0.3 is 5.73 Å². The van der Waals surface area contributed by atoms with Crippen LogP contribution in [-0.2, 0) is 0 Å². The Morgan fingerprint density at radius 1 is 1.64 bits per heavy atom. The van der Waals surface area contributed by atoms with Crippen molar-refractivity contribution in [1.29, 1.82) is 0 Å². The van der Waals surface area contributed by atoms with Gasteiger partial charge in [0, 0.05) is 11.1 Å². The van der Waals surface area contributed by atoms with E-state index in [0.29, 0.717) is 5.92 Å². The van der Waals surface area contributed by atoms with Crippen LogP contribution >= 0.6 is 0 Å². The summed E-state index contributed by atoms with van der Waals surface area (Å²) in [5.74, 6) is 0.436. The second-order valence-corrected chi connectivity index (χ2v) is 4.65. The molecule has 0 spiro atoms. The fourth-order valence-electron chi connectivity index (χ4n) is 2.16. The Bertz CT molecular complexity index is 258. The predicted octanol–water partition coefficient (Wildman–Crippen LogP) is 1.86. The van der Waals surface area contributed by atoms with Gasteiger partial charge in [-0.2, -0.15) is 5.10 Å². The van der Waals surface area contributed by atoms with Crippen LogP contribution in [0.15, 0.2) is 5.10 Å². The van der Waals surface area contributed by atoms with Crippen molar-refractivity contribution in [2.75, 3.05) is 0 Å². The number of primary amides is 1. The highest BCUT2D eigenvalue weighted by molar-refractivity contribution is 5.92. The Hall–Kier alpha value is -1.06. The first-order valence-electron chi connectivity index (χ1n) is 5.07. The molecule has 0 radical (unpaired) electrons. The van der Waals surface area contributed by atoms with Gasteiger partial charge in [0.25, 0.3) is 0 Å². The lowest BCUT2D eigenvalue weighted by Crippen LogP contribution is -2.37. The minimum Gasteiger partial charge on any atom is -0.350 e. The summed E-state index contributed by atoms with van der Waals surface area (Å²) < 4.78 is 0. The zero-order valence-corrected chi connectivity index (χ0v) is 9.13. The van der Waals surface area contributed by atoms with Crippen molar-refractivity contribution in [1.82, 2.24) is 5.43 Å². The highest BCUT2D eigenvalue weighted by atomic mass is 16.2. The third-order valence-corrected chi connectivity index (χ3v) is 2.89. The monoisotopic (exact) mass is 197 g/mol. The van der Waals surface area contributed by atoms with E-state index in [1.165, 1.54) is 6.42 Å². The van der Waals surface area contributed by atoms with Gasteiger partial charge in [-0.25, -0.2) is 10.2 Å². The number of urea groups is 1. The van der Waals surface area contributed by atoms with Gasteiger partial charge in [0.05, 0.1) is 0 Å². The maximum Gasteiger partial charge on any atom is 0.332 e. The number of carbonyl (C=O) groups excluding carboxylic acids is 1. The Kier molecular flexibility index (Phi) is 3.13. The second-order valence-electron chi connectivity index (χ2n) is 4.65. The van der Waals surface area contributed by atoms with E-state index in [1.807, 2.05) is 0 Å². The number of nitrogens with zero attached hydrogens (tertiary/aromatic N) is 1. The smallest absolute Gasteiger partial charge is 0.332 e. The van der Waals surface area contributed by atoms with Crippen molar-refractivity contribution in [2.24, 2.45) is 22.2 Å². The summed E-state index contributed by atoms with van der Waals surface area (Å²) in [4.78, 5) is 10.6. The minimum atomic E-state index is -0.592. The average Bonchev–Trinajstić information content (AvgIpc) is 2.01. The summed E-state index contributed by atoms with van der Waals surface area (Å²) in [6, 6.07) is -0.592. The molecule has 1 aliphatic carbocycles. The van der Waals surface area contributed by atoms with E-state index in [4.69, 9.17) is 5.73 Å². The normalized spacial score (nSPS) is 28.8. The van der Waals surface area contributed by atoms with Gasteiger partial charge >= 0.3 is 6.03 Å². The molecule has 0 saturated heterocycles. The number of nitrogens with one attached hydrogen (secondary N) is 1. The number of hydrazone groups is 1. The third kappa shape index (κ3) is 2.47. The van der Waals surface area contributed by atoms with E-state index in [9.17, 15) is 4.79 Å². The average molecular weight is 197 g/mol. The number of carbonyl (C=O) groups is 1. The quantitative estimate of drug-likeness (QED) is 0.619. The van der Waals surface area contributed by atoms with Crippen molar-refractivity contribution in [3.05, 3.63) is 0 Å². The molecule has 2 amide bonds. The highest BCUT2D eigenvalue weighted by Crippen LogP contribution is 2.35. The fraction of sp³-hybridized carbons (Fsp3) is 0.800. The first kappa shape index (κ1) is 11.0. The van der Waals surface area contributed by atoms with Crippen LogP contribution in [0.2, 0.25) is 0 Å². The van der Waals surface area contributed by atoms with Crippen molar-refractivity contribution >= 4 is 11.7 Å². The van der Waals surface area contributed by atoms with Crippen LogP contribution in [0.1, 0.15) is 40.0 Å². The SMILES string of the molecule is CC1CCCC(C)(C)/C1=N/NC(N)=O. The molecular weight excluding hydrogens is 178 g/mol. The van der Waals surface area contributed by atoms with Gasteiger partial charge in [-0.05, 0) is 18.8 Å². The Balaban J connectivity index is 2.79. The van der Waals surface area contributed by atoms with Crippen molar-refractivity contribution < 1.29 is 4.79 Å². The highest BCUT2D eigenvalue weighted by Gasteiger charge is 2.33. The maximum absolute atomic E-state index is 10.6. The zero-order chi connectivity index (χ0) is 10.8. The van der Waals surface area contributed by atoms with Gasteiger partial charge in [0.2, 0.25) is 0 Å². The van der Waals surface area contributed by atoms with Gasteiger partial charge in [0.1, 0.15) is 0 Å². The molecule has 1 unspecified atom stereocenters. The Labute approximate surface area is 84.9 Å². The van der Waals surface area contributed by atoms with E-state index in [1.54, 1.807) is 0 Å². The van der Waals surface area contributed by atoms with Crippen LogP contribution in [0.25, 0.3) is 0 Å². The lowest BCUT2D eigenvalue weighted by molar-refractivity contribution is 0.249. The molecule has 1 saturated carbocycles. The number of amides is 2. The molecule has 0 aromatic carbocycles. The lowest BCUT2D eigenvalue weighted by atomic mass is 9.71. The third-order valence-electron chi connectivity index (χ3n) is 2.89. The molecule has 4 heteroatoms. The molecule has 0 aliphatic heterocycles. The van der Waals surface area contributed by atoms with Crippen LogP contribution < -0.4 is 11.2 Å². The summed E-state index contributed by atoms with van der Waals surface area (Å²) in [6.45, 7) is 6.46. The summed E-state index contributed by atoms with van der Waals surface area (Å²) in [6.07, 6.45) is 3.49. The summed E-state index contributed by atoms with van der Waals surface area (Å²) in [5, 5.41) is 4.11. The van der Waals surface area contributed by atoms with Gasteiger partial charge in [-0.3, -0.25) is 0 Å². The molecule has 4 nitrogen and oxygen atoms in total. The lowest BCUT2D eigenvalue weighted by Gasteiger charge is -2.35. The number of hydrogen-bond donors (Lipinski definition) is 2. The van der Waals surface area contributed by atoms with E-state index >= 15 is 0 Å². The molecule has 1 rings (SSSR count). The van der Waals surface area contributed by atoms with Gasteiger partial charge in [0.15, 0.2) is 0 Å². The van der Waals surface area contributed by atoms with E-state index in [-0.39, 0.29) is 5.41 Å². The number of hydrogen-bond acceptors (Lipinski definition) is 2. The van der Waals surface area contributed by atoms with Crippen LogP contribution in [0, 0.1) is 11.3 Å². The number of nitrogens with two attached hydrogens (primary N) is 1. The van der Waals surface area contributed by atoms with Crippen LogP contribution in [0.3, 0.4) is 0 Å². The molecule has 1 atom stereocenters. The largest absolute Gasteiger partial charge is 0.350 e. The molecule has 1 fully saturated rings. The van der Waals surface area contributed by atoms with Gasteiger partial charge in [-0.15, -0.1) is 0 Å². The molecule has 0 aromatic heterocycles. The molecule has 0 bridgehead atoms. The fourth-order valence-corrected chi connectivity index (χ4v) is 2.16. The standard InChI is InChI=1S/C10H19N3O/c1-7-5-4-6-10(2,3)8(7)12-13-9(11)14/h7H,4-6H2,1-3H3,(H3,11,13,14)/b12-8+. The molecule has 1 aliphatic rings. The molecular formula is C10H19N3O. The van der Waals surface area contributed by atoms with Crippen LogP contribution in [-0.4, -0.2) is 11.7 Å². The molecule has 80 valence electrons. The Morgan fingerprint density at radius 2 is 2.29 bits per heavy atom. The molecule has 3 N–H and O–H groups in total. The van der Waals surface area contributed by atoms with Crippen LogP contribution in [0.5, 0.6) is 0 Å². The first-order chi connectivity index (χ1) is 6.43. The van der Waals surface area contributed by atoms with E-state index in [0.717, 1.165) is 18.6 Å². The van der Waals surface area contributed by atoms with E-state index < -0.39 is 6.03 Å². The summed E-state index contributed by atoms with van der Waals surface area (Å²) in [7, 11) is 0. The predicted molar refractivity (Wildman–Crippen MR) is 57.0 cm³/mol. The van der Waals surface area contributed by atoms with Crippen molar-refractivity contribution in [3.8, 4) is 0 Å². The van der Waals surface area contributed by atoms with Crippen molar-refractivity contribution in [3.63, 3.8) is 0 Å². The zero-order valence-electron chi connectivity index (χ0n) is 9.13. The maximum atomic E-state index is 10.6. The van der Waals surface area contributed by atoms with Crippen LogP contribution in [0.4, 0.5) is 4.79 Å². The number of rotatable bonds is 1. The molecule has 0 heterocycles. The minimum absolute atomic E-state index is 0.0834. The van der Waals surface area contributed by atoms with Gasteiger partial charge in [-0.1, -0.05) is 27.2 Å². The Morgan fingerprint density at radius 3 is 2.79 bits per heavy atom. The molecule has 14 heavy (non-hydrogen) atoms. The van der Waals surface area contributed by atoms with Crippen molar-refractivity contribution in [2.45, 2.75) is 40.0 Å².